The van der Waals surface area contributed by atoms with Gasteiger partial charge in [0.2, 0.25) is 0 Å². The Kier molecular flexibility index (Phi) is 1.58. The van der Waals surface area contributed by atoms with Crippen molar-refractivity contribution in [3.05, 3.63) is 34.8 Å². The van der Waals surface area contributed by atoms with Gasteiger partial charge in [0, 0.05) is 35.2 Å². The van der Waals surface area contributed by atoms with Gasteiger partial charge in [0.1, 0.15) is 17.1 Å². The molecule has 1 aliphatic heterocycles. The average molecular weight is 331 g/mol. The summed E-state index contributed by atoms with van der Waals surface area (Å²) >= 11 is 0. The number of rotatable bonds is 4. The molecule has 0 aromatic heterocycles. The van der Waals surface area contributed by atoms with Crippen LogP contribution in [0.25, 0.3) is 0 Å². The summed E-state index contributed by atoms with van der Waals surface area (Å²) in [6.45, 7) is -5.01. The molecule has 2 nitrogen and oxygen atoms in total. The minimum Gasteiger partial charge on any atom is -0.507 e. The van der Waals surface area contributed by atoms with Gasteiger partial charge in [-0.05, 0) is 63.8 Å². The van der Waals surface area contributed by atoms with Crippen molar-refractivity contribution in [1.29, 1.82) is 0 Å². The van der Waals surface area contributed by atoms with Crippen molar-refractivity contribution in [2.45, 2.75) is 77.5 Å². The van der Waals surface area contributed by atoms with Gasteiger partial charge >= 0.3 is 0 Å². The van der Waals surface area contributed by atoms with E-state index in [2.05, 4.69) is 0 Å². The molecule has 0 fully saturated rings. The molecule has 126 valence electrons. The first kappa shape index (κ1) is 5.82. The SMILES string of the molecule is [2H]C1=C(C)C([2H])([2H])C([2H])([2H])[C@]2([2H])[C@@H]1c1c(O)c([2H])c(C([2H])([2H])CCCC)c([2H])c1OC2(C([2H])([2H])[2H])C([2H])([2H])[2H]. The first-order valence-corrected chi connectivity index (χ1v) is 7.56. The summed E-state index contributed by atoms with van der Waals surface area (Å²) in [4.78, 5) is 0. The molecule has 2 aliphatic rings. The van der Waals surface area contributed by atoms with E-state index >= 15 is 0 Å². The Hall–Kier alpha value is -1.44. The summed E-state index contributed by atoms with van der Waals surface area (Å²) in [5.74, 6) is -8.14. The van der Waals surface area contributed by atoms with Gasteiger partial charge in [-0.25, -0.2) is 0 Å². The van der Waals surface area contributed by atoms with Crippen LogP contribution in [0.2, 0.25) is 0 Å². The lowest BCUT2D eigenvalue weighted by Crippen LogP contribution is -2.45. The molecule has 23 heavy (non-hydrogen) atoms. The van der Waals surface area contributed by atoms with E-state index in [1.807, 2.05) is 0 Å². The minimum absolute atomic E-state index is 0.222. The van der Waals surface area contributed by atoms with Crippen LogP contribution in [0.3, 0.4) is 0 Å². The molecule has 1 aromatic carbocycles. The molecule has 2 atom stereocenters. The molecule has 0 radical (unpaired) electrons. The van der Waals surface area contributed by atoms with Gasteiger partial charge in [-0.15, -0.1) is 0 Å². The predicted molar refractivity (Wildman–Crippen MR) is 95.3 cm³/mol. The summed E-state index contributed by atoms with van der Waals surface area (Å²) in [7, 11) is 0. The van der Waals surface area contributed by atoms with Gasteiger partial charge in [-0.1, -0.05) is 31.4 Å². The van der Waals surface area contributed by atoms with E-state index in [-0.39, 0.29) is 6.42 Å². The zero-order valence-electron chi connectivity index (χ0n) is 29.1. The van der Waals surface area contributed by atoms with E-state index < -0.39 is 96.6 Å². The van der Waals surface area contributed by atoms with E-state index in [4.69, 9.17) is 25.3 Å². The lowest BCUT2D eigenvalue weighted by molar-refractivity contribution is 0.0107. The minimum atomic E-state index is -3.90. The molecule has 0 bridgehead atoms. The van der Waals surface area contributed by atoms with Gasteiger partial charge in [-0.3, -0.25) is 0 Å². The number of phenolic OH excluding ortho intramolecular Hbond substituents is 1. The molecule has 1 N–H and O–H groups in total. The first-order chi connectivity index (χ1) is 17.3. The average Bonchev–Trinajstić information content (AvgIpc) is 2.77. The van der Waals surface area contributed by atoms with Crippen LogP contribution in [-0.4, -0.2) is 10.7 Å². The second-order valence-corrected chi connectivity index (χ2v) is 5.65. The van der Waals surface area contributed by atoms with Gasteiger partial charge in [0.15, 0.2) is 0 Å². The normalized spacial score (nSPS) is 45.0. The first-order valence-electron chi connectivity index (χ1n) is 15.6. The van der Waals surface area contributed by atoms with Gasteiger partial charge in [0.05, 0.1) is 4.11 Å². The van der Waals surface area contributed by atoms with Crippen LogP contribution in [0.5, 0.6) is 11.5 Å². The Morgan fingerprint density at radius 3 is 3.09 bits per heavy atom. The zero-order valence-corrected chi connectivity index (χ0v) is 13.1. The zero-order chi connectivity index (χ0) is 30.5. The maximum absolute atomic E-state index is 11.2. The highest BCUT2D eigenvalue weighted by Gasteiger charge is 2.45. The van der Waals surface area contributed by atoms with Crippen LogP contribution in [0.15, 0.2) is 23.7 Å². The van der Waals surface area contributed by atoms with Gasteiger partial charge in [0.25, 0.3) is 0 Å². The molecule has 2 heteroatoms. The van der Waals surface area contributed by atoms with E-state index in [1.54, 1.807) is 6.92 Å². The number of aromatic hydroxyl groups is 1. The molecule has 1 aromatic rings. The molecular formula is C21H30O2. The van der Waals surface area contributed by atoms with Crippen molar-refractivity contribution in [3.63, 3.8) is 0 Å². The van der Waals surface area contributed by atoms with Gasteiger partial charge < -0.3 is 9.84 Å². The summed E-state index contributed by atoms with van der Waals surface area (Å²) < 4.78 is 141. The van der Waals surface area contributed by atoms with Crippen molar-refractivity contribution < 1.29 is 31.8 Å². The Labute approximate surface area is 163 Å². The highest BCUT2D eigenvalue weighted by molar-refractivity contribution is 5.53. The third-order valence-electron chi connectivity index (χ3n) is 3.77. The largest absolute Gasteiger partial charge is 0.507 e. The molecule has 0 spiro atoms. The molecular weight excluding hydrogens is 284 g/mol. The molecule has 1 heterocycles. The van der Waals surface area contributed by atoms with Crippen LogP contribution in [0, 0.1) is 5.89 Å². The number of allylic oxidation sites excluding steroid dienone is 2. The van der Waals surface area contributed by atoms with Gasteiger partial charge in [-0.2, -0.15) is 0 Å². The number of ether oxygens (including phenoxy) is 1. The fraction of sp³-hybridized carbons (Fsp3) is 0.619. The van der Waals surface area contributed by atoms with Crippen molar-refractivity contribution in [2.75, 3.05) is 0 Å². The van der Waals surface area contributed by atoms with E-state index in [9.17, 15) is 6.48 Å². The number of fused-ring (bicyclic) bond motifs is 3. The summed E-state index contributed by atoms with van der Waals surface area (Å²) in [5.41, 5.74) is -6.04. The predicted octanol–water partition coefficient (Wildman–Crippen LogP) is 5.74. The van der Waals surface area contributed by atoms with E-state index in [0.29, 0.717) is 12.8 Å². The molecule has 3 rings (SSSR count). The maximum atomic E-state index is 11.2. The van der Waals surface area contributed by atoms with Crippen LogP contribution >= 0.6 is 0 Å². The van der Waals surface area contributed by atoms with Crippen LogP contribution in [0.4, 0.5) is 0 Å². The molecule has 0 amide bonds. The number of hydrogen-bond acceptors (Lipinski definition) is 2. The lowest BCUT2D eigenvalue weighted by atomic mass is 9.68. The topological polar surface area (TPSA) is 29.5 Å². The fourth-order valence-corrected chi connectivity index (χ4v) is 2.61. The number of benzene rings is 1. The molecule has 0 saturated carbocycles. The third kappa shape index (κ3) is 3.13. The number of hydrogen-bond donors (Lipinski definition) is 1. The monoisotopic (exact) mass is 330 g/mol. The molecule has 0 saturated heterocycles. The summed E-state index contributed by atoms with van der Waals surface area (Å²) in [6, 6.07) is -2.84. The lowest BCUT2D eigenvalue weighted by Gasteiger charge is -2.46. The van der Waals surface area contributed by atoms with E-state index in [0.717, 1.165) is 6.92 Å². The summed E-state index contributed by atoms with van der Waals surface area (Å²) in [6.07, 6.45) is -8.75. The Balaban J connectivity index is 2.68. The molecule has 1 aliphatic carbocycles. The fourth-order valence-electron chi connectivity index (χ4n) is 2.61. The molecule has 0 unspecified atom stereocenters. The van der Waals surface area contributed by atoms with E-state index in [1.165, 1.54) is 0 Å². The number of phenols is 1. The highest BCUT2D eigenvalue weighted by atomic mass is 16.5. The van der Waals surface area contributed by atoms with Crippen molar-refractivity contribution in [3.8, 4) is 11.5 Å². The Morgan fingerprint density at radius 1 is 1.52 bits per heavy atom. The van der Waals surface area contributed by atoms with Crippen molar-refractivity contribution in [1.82, 2.24) is 0 Å². The van der Waals surface area contributed by atoms with Crippen LogP contribution < -0.4 is 4.74 Å². The van der Waals surface area contributed by atoms with Crippen LogP contribution in [0.1, 0.15) is 98.5 Å². The van der Waals surface area contributed by atoms with Crippen LogP contribution in [-0.2, 0) is 6.37 Å². The summed E-state index contributed by atoms with van der Waals surface area (Å²) in [5, 5.41) is 11.2. The standard InChI is InChI=1S/C21H30O2/c1-5-6-7-8-15-12-18(22)20-16-11-14(2)9-10-17(16)21(3,4)23-19(20)13-15/h11-13,16-17,22H,5-10H2,1-4H3/t16-,17-/m1/s1/i3D3,4D3,8D2,9D2,10D2,11D,12D,13D,17D. The third-order valence-corrected chi connectivity index (χ3v) is 3.77. The van der Waals surface area contributed by atoms with Crippen molar-refractivity contribution >= 4 is 0 Å². The highest BCUT2D eigenvalue weighted by Crippen LogP contribution is 2.53. The maximum Gasteiger partial charge on any atom is 0.127 e. The van der Waals surface area contributed by atoms with Crippen molar-refractivity contribution in [2.24, 2.45) is 5.89 Å². The smallest absolute Gasteiger partial charge is 0.127 e. The Morgan fingerprint density at radius 2 is 2.35 bits per heavy atom. The second kappa shape index (κ2) is 6.22. The second-order valence-electron chi connectivity index (χ2n) is 5.65. The quantitative estimate of drug-likeness (QED) is 0.714. The number of unbranched alkanes of at least 4 members (excludes halogenated alkanes) is 1. The Bertz CT molecular complexity index is 1200.